The first-order valence-corrected chi connectivity index (χ1v) is 12.5. The Morgan fingerprint density at radius 3 is 1.42 bits per heavy atom. The minimum atomic E-state index is -1.67. The van der Waals surface area contributed by atoms with E-state index < -0.39 is 84.2 Å². The Labute approximate surface area is 223 Å². The molecule has 0 aromatic heterocycles. The van der Waals surface area contributed by atoms with E-state index >= 15 is 0 Å². The number of nitrogens with two attached hydrogens (primary N) is 2. The summed E-state index contributed by atoms with van der Waals surface area (Å²) in [5.41, 5.74) is 10.9. The molecule has 0 aliphatic heterocycles. The summed E-state index contributed by atoms with van der Waals surface area (Å²) in [6.45, 7) is 11.7. The smallest absolute Gasteiger partial charge is 0.326 e. The summed E-state index contributed by atoms with van der Waals surface area (Å²) >= 11 is 0. The average molecular weight is 545 g/mol. The Bertz CT molecular complexity index is 861. The maximum atomic E-state index is 13.1. The lowest BCUT2D eigenvalue weighted by atomic mass is 9.98. The first kappa shape index (κ1) is 34.7. The highest BCUT2D eigenvalue weighted by Gasteiger charge is 2.35. The molecule has 0 aromatic carbocycles. The normalized spacial score (nSPS) is 16.1. The third kappa shape index (κ3) is 11.9. The molecule has 0 saturated carbocycles. The van der Waals surface area contributed by atoms with Crippen molar-refractivity contribution in [3.8, 4) is 0 Å². The number of rotatable bonds is 16. The third-order valence-electron chi connectivity index (χ3n) is 5.64. The van der Waals surface area contributed by atoms with E-state index in [0.29, 0.717) is 6.42 Å². The minimum Gasteiger partial charge on any atom is -0.480 e. The van der Waals surface area contributed by atoms with Crippen molar-refractivity contribution in [1.82, 2.24) is 21.3 Å². The first-order chi connectivity index (χ1) is 17.4. The van der Waals surface area contributed by atoms with Crippen molar-refractivity contribution in [2.24, 2.45) is 29.2 Å². The van der Waals surface area contributed by atoms with Crippen LogP contribution in [0.1, 0.15) is 61.3 Å². The maximum absolute atomic E-state index is 13.1. The summed E-state index contributed by atoms with van der Waals surface area (Å²) < 4.78 is 0. The fourth-order valence-corrected chi connectivity index (χ4v) is 3.50. The van der Waals surface area contributed by atoms with Gasteiger partial charge in [-0.1, -0.05) is 41.5 Å². The second-order valence-corrected chi connectivity index (χ2v) is 10.5. The molecular formula is C24H44N6O8. The molecule has 38 heavy (non-hydrogen) atoms. The van der Waals surface area contributed by atoms with E-state index in [1.807, 2.05) is 13.8 Å². The molecule has 218 valence electrons. The molecule has 6 atom stereocenters. The van der Waals surface area contributed by atoms with E-state index in [2.05, 4.69) is 21.3 Å². The van der Waals surface area contributed by atoms with Crippen molar-refractivity contribution in [1.29, 1.82) is 0 Å². The van der Waals surface area contributed by atoms with Gasteiger partial charge in [0.15, 0.2) is 0 Å². The first-order valence-electron chi connectivity index (χ1n) is 12.5. The number of amides is 5. The highest BCUT2D eigenvalue weighted by atomic mass is 16.4. The Kier molecular flexibility index (Phi) is 14.5. The van der Waals surface area contributed by atoms with Gasteiger partial charge in [0, 0.05) is 0 Å². The van der Waals surface area contributed by atoms with Crippen LogP contribution in [-0.2, 0) is 28.8 Å². The summed E-state index contributed by atoms with van der Waals surface area (Å²) in [6.07, 6.45) is -1.74. The van der Waals surface area contributed by atoms with E-state index in [0.717, 1.165) is 0 Å². The number of carboxylic acids is 1. The molecule has 0 radical (unpaired) electrons. The quantitative estimate of drug-likeness (QED) is 0.106. The molecule has 14 nitrogen and oxygen atoms in total. The van der Waals surface area contributed by atoms with Crippen LogP contribution in [0, 0.1) is 17.8 Å². The molecule has 0 aromatic rings. The molecule has 10 N–H and O–H groups in total. The number of hydrogen-bond donors (Lipinski definition) is 8. The molecule has 0 fully saturated rings. The van der Waals surface area contributed by atoms with E-state index in [4.69, 9.17) is 11.5 Å². The number of carbonyl (C=O) groups excluding carboxylic acids is 5. The molecule has 5 amide bonds. The van der Waals surface area contributed by atoms with E-state index in [1.165, 1.54) is 6.92 Å². The second kappa shape index (κ2) is 15.9. The zero-order valence-electron chi connectivity index (χ0n) is 23.1. The fraction of sp³-hybridized carbons (Fsp3) is 0.750. The average Bonchev–Trinajstić information content (AvgIpc) is 2.76. The third-order valence-corrected chi connectivity index (χ3v) is 5.64. The van der Waals surface area contributed by atoms with Crippen LogP contribution in [0.4, 0.5) is 0 Å². The Balaban J connectivity index is 5.64. The van der Waals surface area contributed by atoms with Crippen LogP contribution in [0.3, 0.4) is 0 Å². The second-order valence-electron chi connectivity index (χ2n) is 10.5. The highest BCUT2D eigenvalue weighted by Crippen LogP contribution is 2.09. The van der Waals surface area contributed by atoms with E-state index in [-0.39, 0.29) is 11.8 Å². The highest BCUT2D eigenvalue weighted by molar-refractivity contribution is 5.96. The largest absolute Gasteiger partial charge is 0.480 e. The standard InChI is InChI=1S/C24H44N6O8/c1-10(2)8-14(25)20(33)28-17(11(3)4)21(34)29-18(12(5)6)22(35)30-19(13(7)31)23(36)27-15(24(37)38)9-16(26)32/h10-15,17-19,31H,8-9,25H2,1-7H3,(H2,26,32)(H,27,36)(H,28,33)(H,29,34)(H,30,35)(H,37,38)/t13-,14+,15+,17+,18+,19+/m1/s1. The van der Waals surface area contributed by atoms with Gasteiger partial charge >= 0.3 is 5.97 Å². The minimum absolute atomic E-state index is 0.164. The number of aliphatic hydroxyl groups is 1. The van der Waals surface area contributed by atoms with Crippen molar-refractivity contribution in [3.63, 3.8) is 0 Å². The van der Waals surface area contributed by atoms with Gasteiger partial charge in [0.25, 0.3) is 0 Å². The fourth-order valence-electron chi connectivity index (χ4n) is 3.50. The Morgan fingerprint density at radius 2 is 1.08 bits per heavy atom. The van der Waals surface area contributed by atoms with Crippen LogP contribution >= 0.6 is 0 Å². The van der Waals surface area contributed by atoms with Gasteiger partial charge in [-0.25, -0.2) is 4.79 Å². The summed E-state index contributed by atoms with van der Waals surface area (Å²) in [4.78, 5) is 73.7. The van der Waals surface area contributed by atoms with Gasteiger partial charge in [0.1, 0.15) is 24.2 Å². The summed E-state index contributed by atoms with van der Waals surface area (Å²) in [5, 5.41) is 28.9. The SMILES string of the molecule is CC(C)C[C@H](N)C(=O)N[C@H](C(=O)N[C@H](C(=O)N[C@H](C(=O)N[C@@H](CC(N)=O)C(=O)O)[C@@H](C)O)C(C)C)C(C)C. The van der Waals surface area contributed by atoms with Crippen molar-refractivity contribution in [2.45, 2.75) is 97.6 Å². The van der Waals surface area contributed by atoms with Gasteiger partial charge in [0.05, 0.1) is 18.6 Å². The Hall–Kier alpha value is -3.26. The monoisotopic (exact) mass is 544 g/mol. The van der Waals surface area contributed by atoms with Crippen LogP contribution in [0.15, 0.2) is 0 Å². The van der Waals surface area contributed by atoms with Crippen LogP contribution in [-0.4, -0.2) is 82.0 Å². The van der Waals surface area contributed by atoms with E-state index in [9.17, 15) is 39.0 Å². The van der Waals surface area contributed by atoms with Crippen LogP contribution < -0.4 is 32.7 Å². The molecule has 0 spiro atoms. The summed E-state index contributed by atoms with van der Waals surface area (Å²) in [5.74, 6) is -6.23. The van der Waals surface area contributed by atoms with Gasteiger partial charge in [-0.15, -0.1) is 0 Å². The zero-order valence-corrected chi connectivity index (χ0v) is 23.1. The van der Waals surface area contributed by atoms with Crippen molar-refractivity contribution < 1.29 is 39.0 Å². The summed E-state index contributed by atoms with van der Waals surface area (Å²) in [6, 6.07) is -6.28. The molecule has 0 rings (SSSR count). The molecule has 14 heteroatoms. The maximum Gasteiger partial charge on any atom is 0.326 e. The van der Waals surface area contributed by atoms with Crippen molar-refractivity contribution in [2.75, 3.05) is 0 Å². The molecule has 0 bridgehead atoms. The topological polar surface area (TPSA) is 243 Å². The Morgan fingerprint density at radius 1 is 0.684 bits per heavy atom. The lowest BCUT2D eigenvalue weighted by molar-refractivity contribution is -0.144. The molecule has 0 saturated heterocycles. The molecule has 0 aliphatic carbocycles. The van der Waals surface area contributed by atoms with Gasteiger partial charge in [-0.3, -0.25) is 24.0 Å². The number of primary amides is 1. The number of carbonyl (C=O) groups is 6. The predicted molar refractivity (Wildman–Crippen MR) is 138 cm³/mol. The number of carboxylic acid groups (broad SMARTS) is 1. The van der Waals surface area contributed by atoms with Crippen molar-refractivity contribution >= 4 is 35.5 Å². The zero-order chi connectivity index (χ0) is 29.9. The van der Waals surface area contributed by atoms with Gasteiger partial charge in [-0.05, 0) is 31.1 Å². The van der Waals surface area contributed by atoms with E-state index in [1.54, 1.807) is 27.7 Å². The number of aliphatic hydroxyl groups excluding tert-OH is 1. The van der Waals surface area contributed by atoms with Crippen LogP contribution in [0.5, 0.6) is 0 Å². The molecule has 0 aliphatic rings. The van der Waals surface area contributed by atoms with Gasteiger partial charge < -0.3 is 42.9 Å². The predicted octanol–water partition coefficient (Wildman–Crippen LogP) is -2.05. The number of aliphatic carboxylic acids is 1. The molecular weight excluding hydrogens is 500 g/mol. The van der Waals surface area contributed by atoms with Crippen LogP contribution in [0.2, 0.25) is 0 Å². The molecule has 0 unspecified atom stereocenters. The lowest BCUT2D eigenvalue weighted by Gasteiger charge is -2.29. The number of nitrogens with one attached hydrogen (secondary N) is 4. The van der Waals surface area contributed by atoms with Crippen molar-refractivity contribution in [3.05, 3.63) is 0 Å². The number of hydrogen-bond acceptors (Lipinski definition) is 8. The van der Waals surface area contributed by atoms with Gasteiger partial charge in [0.2, 0.25) is 29.5 Å². The van der Waals surface area contributed by atoms with Gasteiger partial charge in [-0.2, -0.15) is 0 Å². The lowest BCUT2D eigenvalue weighted by Crippen LogP contribution is -2.62. The summed E-state index contributed by atoms with van der Waals surface area (Å²) in [7, 11) is 0. The van der Waals surface area contributed by atoms with Crippen LogP contribution in [0.25, 0.3) is 0 Å². The molecule has 0 heterocycles.